The monoisotopic (exact) mass is 436 g/mol. The molecule has 0 saturated carbocycles. The fourth-order valence-corrected chi connectivity index (χ4v) is 4.52. The Morgan fingerprint density at radius 3 is 2.41 bits per heavy atom. The van der Waals surface area contributed by atoms with E-state index in [2.05, 4.69) is 10.6 Å². The number of morpholine rings is 1. The van der Waals surface area contributed by atoms with Crippen LogP contribution in [0.5, 0.6) is 0 Å². The summed E-state index contributed by atoms with van der Waals surface area (Å²) in [7, 11) is -3.57. The van der Waals surface area contributed by atoms with E-state index in [1.165, 1.54) is 22.5 Å². The molecule has 2 aromatic rings. The fourth-order valence-electron chi connectivity index (χ4n) is 2.89. The van der Waals surface area contributed by atoms with Crippen molar-refractivity contribution in [2.75, 3.05) is 36.9 Å². The summed E-state index contributed by atoms with van der Waals surface area (Å²) in [5, 5.41) is 17.1. The second kappa shape index (κ2) is 8.82. The number of benzene rings is 2. The number of hydrogen-bond acceptors (Lipinski definition) is 6. The van der Waals surface area contributed by atoms with Gasteiger partial charge in [0.15, 0.2) is 5.11 Å². The maximum absolute atomic E-state index is 12.6. The second-order valence-corrected chi connectivity index (χ2v) is 8.69. The lowest BCUT2D eigenvalue weighted by Gasteiger charge is -2.26. The van der Waals surface area contributed by atoms with Crippen LogP contribution in [0.1, 0.15) is 5.56 Å². The first-order chi connectivity index (χ1) is 13.8. The maximum atomic E-state index is 12.6. The highest BCUT2D eigenvalue weighted by Crippen LogP contribution is 2.28. The zero-order valence-electron chi connectivity index (χ0n) is 15.6. The molecule has 0 bridgehead atoms. The molecule has 0 spiro atoms. The van der Waals surface area contributed by atoms with Gasteiger partial charge in [-0.25, -0.2) is 8.42 Å². The molecule has 154 valence electrons. The Hall–Kier alpha value is -2.60. The first-order valence-electron chi connectivity index (χ1n) is 8.79. The van der Waals surface area contributed by atoms with Crippen molar-refractivity contribution in [3.05, 3.63) is 58.1 Å². The molecule has 0 radical (unpaired) electrons. The van der Waals surface area contributed by atoms with Crippen LogP contribution in [0.15, 0.2) is 47.4 Å². The molecule has 1 aliphatic heterocycles. The predicted molar refractivity (Wildman–Crippen MR) is 114 cm³/mol. The summed E-state index contributed by atoms with van der Waals surface area (Å²) in [6, 6.07) is 10.9. The number of aryl methyl sites for hydroxylation is 1. The Bertz CT molecular complexity index is 1020. The van der Waals surface area contributed by atoms with Crippen LogP contribution in [-0.4, -0.2) is 49.1 Å². The van der Waals surface area contributed by atoms with Crippen LogP contribution in [0.4, 0.5) is 17.1 Å². The normalized spacial score (nSPS) is 14.9. The van der Waals surface area contributed by atoms with Crippen LogP contribution in [0, 0.1) is 17.0 Å². The van der Waals surface area contributed by atoms with E-state index >= 15 is 0 Å². The standard InChI is InChI=1S/C18H20N4O5S2/c1-13-3-2-4-16(22(23)24)17(13)20-18(28)19-14-5-7-15(8-6-14)29(25,26)21-9-11-27-12-10-21/h2-8H,9-12H2,1H3,(H2,19,20,28). The van der Waals surface area contributed by atoms with E-state index in [0.717, 1.165) is 0 Å². The van der Waals surface area contributed by atoms with E-state index in [0.29, 0.717) is 43.2 Å². The van der Waals surface area contributed by atoms with Gasteiger partial charge < -0.3 is 15.4 Å². The fraction of sp³-hybridized carbons (Fsp3) is 0.278. The number of nitro groups is 1. The van der Waals surface area contributed by atoms with Crippen LogP contribution in [0.2, 0.25) is 0 Å². The Balaban J connectivity index is 1.70. The van der Waals surface area contributed by atoms with Crippen molar-refractivity contribution < 1.29 is 18.1 Å². The molecule has 0 atom stereocenters. The minimum absolute atomic E-state index is 0.0823. The summed E-state index contributed by atoms with van der Waals surface area (Å²) in [5.74, 6) is 0. The summed E-state index contributed by atoms with van der Waals surface area (Å²) in [5.41, 5.74) is 1.46. The van der Waals surface area contributed by atoms with Crippen LogP contribution >= 0.6 is 12.2 Å². The highest BCUT2D eigenvalue weighted by Gasteiger charge is 2.26. The molecular weight excluding hydrogens is 416 g/mol. The predicted octanol–water partition coefficient (Wildman–Crippen LogP) is 2.73. The van der Waals surface area contributed by atoms with Crippen molar-refractivity contribution in [2.45, 2.75) is 11.8 Å². The molecule has 3 rings (SSSR count). The Morgan fingerprint density at radius 2 is 1.79 bits per heavy atom. The number of sulfonamides is 1. The molecule has 1 aliphatic rings. The summed E-state index contributed by atoms with van der Waals surface area (Å²) in [6.07, 6.45) is 0. The number of nitrogens with one attached hydrogen (secondary N) is 2. The molecule has 0 amide bonds. The summed E-state index contributed by atoms with van der Waals surface area (Å²) < 4.78 is 31.9. The van der Waals surface area contributed by atoms with Crippen LogP contribution in [0.25, 0.3) is 0 Å². The minimum Gasteiger partial charge on any atom is -0.379 e. The first kappa shape index (κ1) is 21.1. The molecule has 11 heteroatoms. The smallest absolute Gasteiger partial charge is 0.293 e. The van der Waals surface area contributed by atoms with Gasteiger partial charge in [-0.2, -0.15) is 4.31 Å². The van der Waals surface area contributed by atoms with Gasteiger partial charge in [0.2, 0.25) is 10.0 Å². The topological polar surface area (TPSA) is 114 Å². The number of anilines is 2. The largest absolute Gasteiger partial charge is 0.379 e. The van der Waals surface area contributed by atoms with Crippen LogP contribution in [0.3, 0.4) is 0 Å². The highest BCUT2D eigenvalue weighted by molar-refractivity contribution is 7.89. The van der Waals surface area contributed by atoms with E-state index in [-0.39, 0.29) is 15.7 Å². The number of nitrogens with zero attached hydrogens (tertiary/aromatic N) is 2. The third-order valence-electron chi connectivity index (χ3n) is 4.41. The van der Waals surface area contributed by atoms with Gasteiger partial charge in [-0.3, -0.25) is 10.1 Å². The average Bonchev–Trinajstić information content (AvgIpc) is 2.70. The number of nitro benzene ring substituents is 1. The molecule has 1 saturated heterocycles. The summed E-state index contributed by atoms with van der Waals surface area (Å²) in [4.78, 5) is 10.9. The van der Waals surface area contributed by atoms with Crippen molar-refractivity contribution in [3.8, 4) is 0 Å². The van der Waals surface area contributed by atoms with E-state index in [4.69, 9.17) is 17.0 Å². The van der Waals surface area contributed by atoms with Crippen LogP contribution in [-0.2, 0) is 14.8 Å². The molecule has 1 heterocycles. The van der Waals surface area contributed by atoms with Gasteiger partial charge in [0.25, 0.3) is 5.69 Å². The average molecular weight is 437 g/mol. The van der Waals surface area contributed by atoms with E-state index in [1.54, 1.807) is 31.2 Å². The summed E-state index contributed by atoms with van der Waals surface area (Å²) >= 11 is 5.25. The molecule has 0 unspecified atom stereocenters. The molecule has 29 heavy (non-hydrogen) atoms. The Morgan fingerprint density at radius 1 is 1.14 bits per heavy atom. The van der Waals surface area contributed by atoms with Crippen LogP contribution < -0.4 is 10.6 Å². The number of ether oxygens (including phenoxy) is 1. The zero-order valence-corrected chi connectivity index (χ0v) is 17.3. The number of hydrogen-bond donors (Lipinski definition) is 2. The lowest BCUT2D eigenvalue weighted by Crippen LogP contribution is -2.40. The van der Waals surface area contributed by atoms with Gasteiger partial charge in [0.05, 0.1) is 23.0 Å². The molecule has 2 N–H and O–H groups in total. The number of thiocarbonyl (C=S) groups is 1. The SMILES string of the molecule is Cc1cccc([N+](=O)[O-])c1NC(=S)Nc1ccc(S(=O)(=O)N2CCOCC2)cc1. The molecule has 1 fully saturated rings. The summed E-state index contributed by atoms with van der Waals surface area (Å²) in [6.45, 7) is 3.15. The molecule has 0 aliphatic carbocycles. The highest BCUT2D eigenvalue weighted by atomic mass is 32.2. The van der Waals surface area contributed by atoms with Gasteiger partial charge in [-0.05, 0) is 49.0 Å². The van der Waals surface area contributed by atoms with Gasteiger partial charge in [0, 0.05) is 24.8 Å². The van der Waals surface area contributed by atoms with E-state index in [9.17, 15) is 18.5 Å². The van der Waals surface area contributed by atoms with E-state index < -0.39 is 14.9 Å². The van der Waals surface area contributed by atoms with Gasteiger partial charge in [-0.1, -0.05) is 12.1 Å². The van der Waals surface area contributed by atoms with Crippen molar-refractivity contribution in [1.82, 2.24) is 4.31 Å². The Kier molecular flexibility index (Phi) is 6.42. The van der Waals surface area contributed by atoms with Gasteiger partial charge in [0.1, 0.15) is 5.69 Å². The third kappa shape index (κ3) is 4.88. The Labute approximate surface area is 173 Å². The second-order valence-electron chi connectivity index (χ2n) is 6.35. The molecule has 2 aromatic carbocycles. The first-order valence-corrected chi connectivity index (χ1v) is 10.6. The van der Waals surface area contributed by atoms with Crippen molar-refractivity contribution >= 4 is 44.4 Å². The lowest BCUT2D eigenvalue weighted by atomic mass is 10.1. The quantitative estimate of drug-likeness (QED) is 0.418. The molecule has 0 aromatic heterocycles. The van der Waals surface area contributed by atoms with Crippen molar-refractivity contribution in [1.29, 1.82) is 0 Å². The maximum Gasteiger partial charge on any atom is 0.293 e. The number of rotatable bonds is 5. The van der Waals surface area contributed by atoms with Crippen molar-refractivity contribution in [3.63, 3.8) is 0 Å². The molecule has 9 nitrogen and oxygen atoms in total. The van der Waals surface area contributed by atoms with E-state index in [1.807, 2.05) is 0 Å². The third-order valence-corrected chi connectivity index (χ3v) is 6.52. The van der Waals surface area contributed by atoms with Gasteiger partial charge >= 0.3 is 0 Å². The number of para-hydroxylation sites is 1. The lowest BCUT2D eigenvalue weighted by molar-refractivity contribution is -0.383. The van der Waals surface area contributed by atoms with Crippen molar-refractivity contribution in [2.24, 2.45) is 0 Å². The zero-order chi connectivity index (χ0) is 21.0. The minimum atomic E-state index is -3.57. The molecular formula is C18H20N4O5S2. The van der Waals surface area contributed by atoms with Gasteiger partial charge in [-0.15, -0.1) is 0 Å².